The topological polar surface area (TPSA) is 332 Å². The van der Waals surface area contributed by atoms with Crippen LogP contribution in [0.2, 0.25) is 5.28 Å². The van der Waals surface area contributed by atoms with E-state index in [1.807, 2.05) is 39.0 Å². The third-order valence-corrected chi connectivity index (χ3v) is 18.3. The summed E-state index contributed by atoms with van der Waals surface area (Å²) in [5, 5.41) is 65.8. The van der Waals surface area contributed by atoms with Crippen LogP contribution in [-0.2, 0) is 20.0 Å². The average Bonchev–Trinajstić information content (AvgIpc) is 1.77. The Morgan fingerprint density at radius 1 is 0.500 bits per heavy atom. The van der Waals surface area contributed by atoms with Gasteiger partial charge in [-0.1, -0.05) is 47.5 Å². The number of phenols is 3. The summed E-state index contributed by atoms with van der Waals surface area (Å²) in [6.45, 7) is 9.34. The molecule has 3 aliphatic rings. The number of nitrogens with zero attached hydrogens (tertiary/aromatic N) is 8. The molecule has 0 radical (unpaired) electrons. The maximum atomic E-state index is 13.5. The van der Waals surface area contributed by atoms with Crippen LogP contribution in [0.5, 0.6) is 17.2 Å². The molecule has 5 aromatic carbocycles. The monoisotopic (exact) mass is 1280 g/mol. The summed E-state index contributed by atoms with van der Waals surface area (Å²) in [6, 6.07) is 39.6. The number of aromatic hydroxyl groups is 3. The molecule has 0 atom stereocenters. The van der Waals surface area contributed by atoms with E-state index in [1.54, 1.807) is 105 Å². The van der Waals surface area contributed by atoms with Crippen LogP contribution in [0, 0.1) is 34.6 Å². The molecule has 22 nitrogen and oxygen atoms in total. The van der Waals surface area contributed by atoms with Crippen LogP contribution in [0.25, 0.3) is 55.9 Å². The molecule has 27 heteroatoms. The third-order valence-electron chi connectivity index (χ3n) is 14.5. The van der Waals surface area contributed by atoms with Crippen molar-refractivity contribution in [2.45, 2.75) is 101 Å². The van der Waals surface area contributed by atoms with Crippen LogP contribution >= 0.6 is 11.6 Å². The molecule has 0 unspecified atom stereocenters. The first-order chi connectivity index (χ1) is 42.6. The number of aromatic amines is 1. The van der Waals surface area contributed by atoms with Gasteiger partial charge in [0.05, 0.1) is 25.9 Å². The molecule has 14 rings (SSSR count). The molecule has 3 aliphatic carbocycles. The summed E-state index contributed by atoms with van der Waals surface area (Å²) >= 11 is 6.06. The molecule has 3 saturated carbocycles. The molecular weight excluding hydrogens is 1220 g/mol. The van der Waals surface area contributed by atoms with Gasteiger partial charge in [-0.25, -0.2) is 49.7 Å². The van der Waals surface area contributed by atoms with Crippen molar-refractivity contribution in [3.63, 3.8) is 0 Å². The van der Waals surface area contributed by atoms with Gasteiger partial charge in [-0.15, -0.1) is 0 Å². The maximum absolute atomic E-state index is 13.5. The van der Waals surface area contributed by atoms with Crippen LogP contribution in [0.4, 0.5) is 17.5 Å². The molecule has 0 amide bonds. The summed E-state index contributed by atoms with van der Waals surface area (Å²) in [5.74, 6) is 3.64. The van der Waals surface area contributed by atoms with E-state index in [0.717, 1.165) is 72.0 Å². The SMILES string of the molecule is C[O-].Cc1cc2c(NC3CC3)nc(-c3ccc(O)cc3)nc2[nH]1.Cc1ccc(S(=O)(=O)n2c(C)cc3c(NC4CC4)nc(-c4ccc(O)cc4)nc32)cc1.Cc1ccc(S(=O)(=O)n2c(C)cc3c(NC4CC4)nc(Cl)nc32)cc1.OB(O)c1ccc(O)cc1.[Na+]. The van der Waals surface area contributed by atoms with Crippen molar-refractivity contribution in [2.75, 3.05) is 23.1 Å². The fourth-order valence-electron chi connectivity index (χ4n) is 9.43. The molecule has 0 bridgehead atoms. The molecule has 0 saturated heterocycles. The van der Waals surface area contributed by atoms with Crippen LogP contribution in [0.15, 0.2) is 149 Å². The first kappa shape index (κ1) is 66.3. The van der Waals surface area contributed by atoms with Crippen molar-refractivity contribution in [2.24, 2.45) is 0 Å². The van der Waals surface area contributed by atoms with Gasteiger partial charge >= 0.3 is 36.7 Å². The van der Waals surface area contributed by atoms with E-state index < -0.39 is 27.2 Å². The molecule has 9 N–H and O–H groups in total. The third kappa shape index (κ3) is 15.5. The van der Waals surface area contributed by atoms with Gasteiger partial charge < -0.3 is 51.4 Å². The second kappa shape index (κ2) is 28.0. The van der Waals surface area contributed by atoms with Crippen molar-refractivity contribution in [1.29, 1.82) is 0 Å². The second-order valence-corrected chi connectivity index (χ2v) is 25.8. The van der Waals surface area contributed by atoms with E-state index in [2.05, 4.69) is 56.9 Å². The van der Waals surface area contributed by atoms with Crippen molar-refractivity contribution < 1.29 is 76.9 Å². The maximum Gasteiger partial charge on any atom is 1.00 e. The van der Waals surface area contributed by atoms with Crippen molar-refractivity contribution in [3.05, 3.63) is 173 Å². The van der Waals surface area contributed by atoms with Gasteiger partial charge in [0.2, 0.25) is 5.28 Å². The Labute approximate surface area is 547 Å². The fraction of sp³-hybridized carbons (Fsp3) is 0.238. The zero-order chi connectivity index (χ0) is 63.5. The van der Waals surface area contributed by atoms with Crippen molar-refractivity contribution >= 4 is 94.8 Å². The number of hydrogen-bond donors (Lipinski definition) is 9. The van der Waals surface area contributed by atoms with E-state index in [0.29, 0.717) is 85.9 Å². The minimum Gasteiger partial charge on any atom is -0.857 e. The minimum atomic E-state index is -3.85. The summed E-state index contributed by atoms with van der Waals surface area (Å²) in [7, 11) is -8.33. The minimum absolute atomic E-state index is 0. The van der Waals surface area contributed by atoms with E-state index >= 15 is 0 Å². The Morgan fingerprint density at radius 3 is 1.27 bits per heavy atom. The number of aryl methyl sites for hydroxylation is 5. The molecule has 90 heavy (non-hydrogen) atoms. The number of hydrogen-bond acceptors (Lipinski definition) is 19. The van der Waals surface area contributed by atoms with Crippen LogP contribution in [0.1, 0.15) is 66.7 Å². The Morgan fingerprint density at radius 2 is 0.867 bits per heavy atom. The Balaban J connectivity index is 0.000000148. The van der Waals surface area contributed by atoms with Gasteiger partial charge in [-0.2, -0.15) is 12.1 Å². The number of rotatable bonds is 13. The summed E-state index contributed by atoms with van der Waals surface area (Å²) in [6.07, 6.45) is 6.66. The molecule has 11 aromatic rings. The van der Waals surface area contributed by atoms with E-state index in [1.165, 1.54) is 45.1 Å². The van der Waals surface area contributed by atoms with E-state index in [-0.39, 0.29) is 61.9 Å². The number of benzene rings is 5. The number of H-pyrrole nitrogens is 1. The quantitative estimate of drug-likeness (QED) is 0.0471. The number of anilines is 3. The molecule has 0 spiro atoms. The fourth-order valence-corrected chi connectivity index (χ4v) is 12.6. The molecule has 3 fully saturated rings. The smallest absolute Gasteiger partial charge is 0.857 e. The number of nitrogens with one attached hydrogen (secondary N) is 4. The molecule has 6 heterocycles. The number of aromatic nitrogens is 9. The molecule has 460 valence electrons. The van der Waals surface area contributed by atoms with Gasteiger partial charge in [-0.3, -0.25) is 0 Å². The second-order valence-electron chi connectivity index (χ2n) is 21.9. The zero-order valence-electron chi connectivity index (χ0n) is 50.4. The van der Waals surface area contributed by atoms with Crippen LogP contribution < -0.4 is 56.1 Å². The Hall–Kier alpha value is -8.11. The number of phenolic OH excluding ortho intramolecular Hbond substituents is 3. The van der Waals surface area contributed by atoms with Gasteiger partial charge in [0, 0.05) is 46.3 Å². The predicted molar refractivity (Wildman–Crippen MR) is 344 cm³/mol. The summed E-state index contributed by atoms with van der Waals surface area (Å²) in [4.78, 5) is 30.7. The van der Waals surface area contributed by atoms with Crippen molar-refractivity contribution in [3.8, 4) is 40.0 Å². The van der Waals surface area contributed by atoms with Crippen molar-refractivity contribution in [1.82, 2.24) is 42.8 Å². The standard InChI is InChI=1S/C23H22N4O3S.C17H17ClN4O2S.C16H16N4O.C6H7BO3.CH3O.Na/c1-14-3-11-19(12-4-14)31(29,30)27-15(2)13-20-22(24-17-7-8-17)25-21(26-23(20)27)16-5-9-18(28)10-6-16;1-10-3-7-13(8-4-10)25(23,24)22-11(2)9-14-15(19-12-5-6-12)20-17(18)21-16(14)22;1-9-8-13-15(17-9)19-14(10-2-6-12(21)7-3-10)20-16(13)18-11-4-5-11;8-6-3-1-5(2-4-6)7(9)10;1-2;/h3-6,9-13,17,28H,7-8H2,1-2H3,(H,24,25,26);3-4,7-9,12H,5-6H2,1-2H3,(H,19,20,21);2-3,6-8,11,21H,4-5H2,1H3,(H2,17,18,19,20);1-4,8-10H;1H3;/q;;;;-1;+1. The van der Waals surface area contributed by atoms with Gasteiger partial charge in [0.1, 0.15) is 40.3 Å². The van der Waals surface area contributed by atoms with Crippen LogP contribution in [-0.4, -0.2) is 117 Å². The van der Waals surface area contributed by atoms with Gasteiger partial charge in [0.15, 0.2) is 22.9 Å². The first-order valence-corrected chi connectivity index (χ1v) is 31.8. The summed E-state index contributed by atoms with van der Waals surface area (Å²) in [5.41, 5.74) is 7.60. The van der Waals surface area contributed by atoms with E-state index in [9.17, 15) is 27.0 Å². The zero-order valence-corrected chi connectivity index (χ0v) is 54.8. The molecular formula is C63H65BClN12NaO10S2. The Bertz CT molecular complexity index is 4570. The Kier molecular flexibility index (Phi) is 20.6. The average molecular weight is 1280 g/mol. The normalized spacial score (nSPS) is 13.5. The largest absolute Gasteiger partial charge is 1.00 e. The van der Waals surface area contributed by atoms with Gasteiger partial charge in [-0.05, 0) is 193 Å². The number of fused-ring (bicyclic) bond motifs is 3. The molecule has 6 aromatic heterocycles. The summed E-state index contributed by atoms with van der Waals surface area (Å²) < 4.78 is 55.9. The number of halogens is 1. The first-order valence-electron chi connectivity index (χ1n) is 28.5. The van der Waals surface area contributed by atoms with Crippen LogP contribution in [0.3, 0.4) is 0 Å². The molecule has 0 aliphatic heterocycles. The predicted octanol–water partition coefficient (Wildman–Crippen LogP) is 6.01. The van der Waals surface area contributed by atoms with E-state index in [4.69, 9.17) is 31.9 Å². The van der Waals surface area contributed by atoms with Gasteiger partial charge in [0.25, 0.3) is 20.0 Å².